The summed E-state index contributed by atoms with van der Waals surface area (Å²) < 4.78 is 17.3. The second kappa shape index (κ2) is 13.9. The maximum atomic E-state index is 14.0. The first-order valence-electron chi connectivity index (χ1n) is 14.8. The summed E-state index contributed by atoms with van der Waals surface area (Å²) >= 11 is 0. The highest BCUT2D eigenvalue weighted by molar-refractivity contribution is 5.91. The first-order valence-corrected chi connectivity index (χ1v) is 14.8. The van der Waals surface area contributed by atoms with Crippen LogP contribution in [-0.2, 0) is 14.3 Å². The monoisotopic (exact) mass is 577 g/mol. The van der Waals surface area contributed by atoms with Crippen LogP contribution in [0, 0.1) is 11.3 Å². The molecule has 0 bridgehead atoms. The average molecular weight is 578 g/mol. The Bertz CT molecular complexity index is 1300. The van der Waals surface area contributed by atoms with Crippen LogP contribution < -0.4 is 14.8 Å². The number of nitrogens with one attached hydrogen (secondary N) is 1. The molecule has 0 radical (unpaired) electrons. The lowest BCUT2D eigenvalue weighted by molar-refractivity contribution is -0.138. The predicted octanol–water partition coefficient (Wildman–Crippen LogP) is 5.71. The number of rotatable bonds is 12. The normalized spacial score (nSPS) is 20.0. The molecule has 1 aliphatic heterocycles. The van der Waals surface area contributed by atoms with Gasteiger partial charge in [-0.05, 0) is 48.8 Å². The van der Waals surface area contributed by atoms with E-state index in [2.05, 4.69) is 23.5 Å². The highest BCUT2D eigenvalue weighted by Crippen LogP contribution is 2.34. The van der Waals surface area contributed by atoms with Crippen LogP contribution in [0.25, 0.3) is 16.8 Å². The van der Waals surface area contributed by atoms with Crippen molar-refractivity contribution in [2.45, 2.75) is 77.0 Å². The maximum absolute atomic E-state index is 14.0. The van der Waals surface area contributed by atoms with E-state index < -0.39 is 24.3 Å². The summed E-state index contributed by atoms with van der Waals surface area (Å²) in [6, 6.07) is 4.23. The summed E-state index contributed by atoms with van der Waals surface area (Å²) in [7, 11) is 1.61. The number of benzene rings is 1. The molecular formula is C33H43N3O6. The molecular weight excluding hydrogens is 534 g/mol. The van der Waals surface area contributed by atoms with Crippen LogP contribution in [0.3, 0.4) is 0 Å². The van der Waals surface area contributed by atoms with Crippen molar-refractivity contribution in [1.82, 2.24) is 15.2 Å². The first kappa shape index (κ1) is 31.1. The summed E-state index contributed by atoms with van der Waals surface area (Å²) in [5.41, 5.74) is 0.539. The topological polar surface area (TPSA) is 107 Å². The van der Waals surface area contributed by atoms with Crippen molar-refractivity contribution in [1.29, 1.82) is 0 Å². The number of amides is 2. The van der Waals surface area contributed by atoms with Gasteiger partial charge >= 0.3 is 6.09 Å². The number of hydrogen-bond acceptors (Lipinski definition) is 7. The molecule has 2 aliphatic rings. The number of ether oxygens (including phenoxy) is 3. The minimum Gasteiger partial charge on any atom is -0.496 e. The number of carbonyl (C=O) groups is 3. The molecule has 9 heteroatoms. The number of fused-ring (bicyclic) bond motifs is 1. The van der Waals surface area contributed by atoms with Crippen molar-refractivity contribution in [2.24, 2.45) is 11.3 Å². The van der Waals surface area contributed by atoms with Crippen molar-refractivity contribution in [3.8, 4) is 11.6 Å². The molecule has 0 unspecified atom stereocenters. The molecule has 1 N–H and O–H groups in total. The Morgan fingerprint density at radius 1 is 1.21 bits per heavy atom. The number of alkyl carbamates (subject to hydrolysis) is 1. The van der Waals surface area contributed by atoms with Gasteiger partial charge in [0.15, 0.2) is 0 Å². The molecule has 1 aromatic heterocycles. The predicted molar refractivity (Wildman–Crippen MR) is 162 cm³/mol. The molecule has 42 heavy (non-hydrogen) atoms. The quantitative estimate of drug-likeness (QED) is 0.254. The van der Waals surface area contributed by atoms with E-state index in [1.54, 1.807) is 30.4 Å². The summed E-state index contributed by atoms with van der Waals surface area (Å²) in [5.74, 6) is 0.795. The van der Waals surface area contributed by atoms with Crippen LogP contribution >= 0.6 is 0 Å². The first-order chi connectivity index (χ1) is 20.2. The molecule has 2 heterocycles. The molecule has 4 rings (SSSR count). The van der Waals surface area contributed by atoms with Crippen LogP contribution in [-0.4, -0.2) is 66.6 Å². The zero-order chi connectivity index (χ0) is 30.3. The van der Waals surface area contributed by atoms with Gasteiger partial charge < -0.3 is 29.2 Å². The molecule has 9 nitrogen and oxygen atoms in total. The highest BCUT2D eigenvalue weighted by atomic mass is 16.5. The van der Waals surface area contributed by atoms with Gasteiger partial charge in [0, 0.05) is 29.0 Å². The zero-order valence-electron chi connectivity index (χ0n) is 25.0. The maximum Gasteiger partial charge on any atom is 0.407 e. The average Bonchev–Trinajstić information content (AvgIpc) is 3.41. The second-order valence-electron chi connectivity index (χ2n) is 12.1. The summed E-state index contributed by atoms with van der Waals surface area (Å²) in [5, 5.41) is 4.53. The Labute approximate surface area is 248 Å². The Kier molecular flexibility index (Phi) is 10.2. The summed E-state index contributed by atoms with van der Waals surface area (Å²) in [6.45, 7) is 12.0. The van der Waals surface area contributed by atoms with Crippen LogP contribution in [0.15, 0.2) is 43.6 Å². The number of pyridine rings is 1. The van der Waals surface area contributed by atoms with Crippen molar-refractivity contribution >= 4 is 35.1 Å². The van der Waals surface area contributed by atoms with Gasteiger partial charge in [0.05, 0.1) is 26.3 Å². The van der Waals surface area contributed by atoms with E-state index in [-0.39, 0.29) is 30.4 Å². The second-order valence-corrected chi connectivity index (χ2v) is 12.1. The fourth-order valence-electron chi connectivity index (χ4n) is 5.98. The molecule has 2 amide bonds. The van der Waals surface area contributed by atoms with E-state index in [0.717, 1.165) is 54.7 Å². The number of carbonyl (C=O) groups excluding carboxylic acids is 3. The van der Waals surface area contributed by atoms with E-state index in [1.165, 1.54) is 0 Å². The van der Waals surface area contributed by atoms with Crippen LogP contribution in [0.2, 0.25) is 0 Å². The van der Waals surface area contributed by atoms with Crippen molar-refractivity contribution in [3.05, 3.63) is 49.2 Å². The Balaban J connectivity index is 1.51. The number of allylic oxidation sites excluding steroid dienone is 1. The molecule has 1 aromatic carbocycles. The third-order valence-corrected chi connectivity index (χ3v) is 8.27. The van der Waals surface area contributed by atoms with Gasteiger partial charge in [0.1, 0.15) is 24.2 Å². The molecule has 2 fully saturated rings. The van der Waals surface area contributed by atoms with E-state index in [9.17, 15) is 14.4 Å². The third kappa shape index (κ3) is 7.30. The molecule has 226 valence electrons. The van der Waals surface area contributed by atoms with Gasteiger partial charge in [-0.1, -0.05) is 51.8 Å². The number of methoxy groups -OCH3 is 1. The summed E-state index contributed by atoms with van der Waals surface area (Å²) in [4.78, 5) is 45.1. The van der Waals surface area contributed by atoms with Gasteiger partial charge in [-0.3, -0.25) is 4.79 Å². The van der Waals surface area contributed by atoms with Gasteiger partial charge in [-0.25, -0.2) is 9.78 Å². The molecule has 3 atom stereocenters. The van der Waals surface area contributed by atoms with Crippen molar-refractivity contribution in [3.63, 3.8) is 0 Å². The molecule has 0 spiro atoms. The lowest BCUT2D eigenvalue weighted by Gasteiger charge is -2.34. The fraction of sp³-hybridized carbons (Fsp3) is 0.515. The molecule has 1 aliphatic carbocycles. The van der Waals surface area contributed by atoms with Gasteiger partial charge in [-0.2, -0.15) is 0 Å². The van der Waals surface area contributed by atoms with E-state index in [1.807, 2.05) is 32.0 Å². The van der Waals surface area contributed by atoms with Gasteiger partial charge in [0.25, 0.3) is 0 Å². The minimum absolute atomic E-state index is 0.0284. The Morgan fingerprint density at radius 2 is 1.98 bits per heavy atom. The number of aldehydes is 1. The highest BCUT2D eigenvalue weighted by Gasteiger charge is 2.42. The molecule has 2 aromatic rings. The largest absolute Gasteiger partial charge is 0.496 e. The van der Waals surface area contributed by atoms with Crippen molar-refractivity contribution < 1.29 is 28.6 Å². The van der Waals surface area contributed by atoms with Crippen LogP contribution in [0.5, 0.6) is 11.6 Å². The molecule has 1 saturated heterocycles. The van der Waals surface area contributed by atoms with E-state index in [4.69, 9.17) is 14.2 Å². The van der Waals surface area contributed by atoms with Gasteiger partial charge in [-0.15, -0.1) is 6.58 Å². The fourth-order valence-corrected chi connectivity index (χ4v) is 5.98. The molecule has 1 saturated carbocycles. The minimum atomic E-state index is -0.778. The number of hydrogen-bond donors (Lipinski definition) is 1. The van der Waals surface area contributed by atoms with Crippen LogP contribution in [0.1, 0.15) is 64.4 Å². The number of aromatic nitrogens is 1. The lowest BCUT2D eigenvalue weighted by Crippen LogP contribution is -2.54. The zero-order valence-corrected chi connectivity index (χ0v) is 25.0. The SMILES string of the molecule is C=CCC(C)(C)COC(=O)N[C@H](C(=O)N1C[C@H](Oc2nccc3cc(OC)c(C=C)cc23)C[C@H]1C=O)C1CCCCC1. The number of nitrogens with zero attached hydrogens (tertiary/aromatic N) is 2. The smallest absolute Gasteiger partial charge is 0.407 e. The Hall–Kier alpha value is -3.88. The standard InChI is InChI=1S/C33H43N3O6/c1-6-14-33(3,4)21-41-32(39)35-29(23-11-9-8-10-12-23)31(38)36-19-26(18-25(36)20-37)42-30-27-16-22(7-2)28(40-5)17-24(27)13-15-34-30/h6-7,13,15-17,20,23,25-26,29H,1-2,8-12,14,18-19,21H2,3-5H3,(H,35,39)/t25-,26+,29-/m0/s1. The van der Waals surface area contributed by atoms with Gasteiger partial charge in [0.2, 0.25) is 11.8 Å². The van der Waals surface area contributed by atoms with Crippen LogP contribution in [0.4, 0.5) is 4.79 Å². The van der Waals surface area contributed by atoms with E-state index in [0.29, 0.717) is 24.5 Å². The summed E-state index contributed by atoms with van der Waals surface area (Å²) in [6.07, 6.45) is 10.6. The van der Waals surface area contributed by atoms with E-state index >= 15 is 0 Å². The third-order valence-electron chi connectivity index (χ3n) is 8.27. The Morgan fingerprint density at radius 3 is 2.64 bits per heavy atom. The van der Waals surface area contributed by atoms with Crippen molar-refractivity contribution in [2.75, 3.05) is 20.3 Å². The lowest BCUT2D eigenvalue weighted by atomic mass is 9.83. The number of likely N-dealkylation sites (tertiary alicyclic amines) is 1.